The van der Waals surface area contributed by atoms with E-state index in [9.17, 15) is 4.79 Å². The van der Waals surface area contributed by atoms with Crippen molar-refractivity contribution < 1.29 is 9.53 Å². The summed E-state index contributed by atoms with van der Waals surface area (Å²) >= 11 is 0. The molecule has 1 aromatic heterocycles. The third-order valence-corrected chi connectivity index (χ3v) is 3.26. The summed E-state index contributed by atoms with van der Waals surface area (Å²) in [5.41, 5.74) is 2.19. The highest BCUT2D eigenvalue weighted by molar-refractivity contribution is 5.89. The summed E-state index contributed by atoms with van der Waals surface area (Å²) < 4.78 is 4.96. The highest BCUT2D eigenvalue weighted by Crippen LogP contribution is 2.17. The Morgan fingerprint density at radius 3 is 2.50 bits per heavy atom. The van der Waals surface area contributed by atoms with Crippen LogP contribution in [0.25, 0.3) is 11.4 Å². The number of carbonyl (C=O) groups excluding carboxylic acids is 1. The van der Waals surface area contributed by atoms with Crippen LogP contribution < -0.4 is 5.32 Å². The van der Waals surface area contributed by atoms with Crippen LogP contribution in [0.1, 0.15) is 17.3 Å². The lowest BCUT2D eigenvalue weighted by atomic mass is 10.2. The molecule has 0 saturated carbocycles. The first-order chi connectivity index (χ1) is 11.8. The fraction of sp³-hybridized carbons (Fsp3) is 0.111. The quantitative estimate of drug-likeness (QED) is 0.725. The molecule has 1 heterocycles. The van der Waals surface area contributed by atoms with Gasteiger partial charge in [0.05, 0.1) is 12.2 Å². The Hall–Kier alpha value is -3.28. The zero-order valence-electron chi connectivity index (χ0n) is 13.1. The lowest BCUT2D eigenvalue weighted by molar-refractivity contribution is 0.0526. The second-order valence-corrected chi connectivity index (χ2v) is 4.92. The van der Waals surface area contributed by atoms with Gasteiger partial charge in [0.2, 0.25) is 5.95 Å². The van der Waals surface area contributed by atoms with Crippen LogP contribution in [-0.4, -0.2) is 27.5 Å². The van der Waals surface area contributed by atoms with Crippen LogP contribution in [0.2, 0.25) is 0 Å². The van der Waals surface area contributed by atoms with Gasteiger partial charge in [-0.2, -0.15) is 4.98 Å². The Morgan fingerprint density at radius 1 is 1.04 bits per heavy atom. The minimum atomic E-state index is -0.337. The molecule has 0 saturated heterocycles. The maximum absolute atomic E-state index is 11.6. The lowest BCUT2D eigenvalue weighted by Crippen LogP contribution is -2.05. The van der Waals surface area contributed by atoms with Gasteiger partial charge in [-0.1, -0.05) is 30.3 Å². The Morgan fingerprint density at radius 2 is 1.79 bits per heavy atom. The van der Waals surface area contributed by atoms with E-state index in [1.165, 1.54) is 6.33 Å². The topological polar surface area (TPSA) is 77.0 Å². The molecule has 2 aromatic carbocycles. The van der Waals surface area contributed by atoms with E-state index < -0.39 is 0 Å². The van der Waals surface area contributed by atoms with E-state index in [1.54, 1.807) is 31.2 Å². The van der Waals surface area contributed by atoms with Gasteiger partial charge in [0.1, 0.15) is 6.33 Å². The van der Waals surface area contributed by atoms with E-state index in [1.807, 2.05) is 30.3 Å². The Labute approximate surface area is 139 Å². The first-order valence-electron chi connectivity index (χ1n) is 7.55. The third kappa shape index (κ3) is 3.73. The maximum atomic E-state index is 11.6. The predicted molar refractivity (Wildman–Crippen MR) is 90.9 cm³/mol. The molecule has 1 N–H and O–H groups in total. The van der Waals surface area contributed by atoms with Crippen molar-refractivity contribution in [2.24, 2.45) is 0 Å². The number of rotatable bonds is 5. The number of hydrogen-bond donors (Lipinski definition) is 1. The van der Waals surface area contributed by atoms with Gasteiger partial charge in [0, 0.05) is 11.3 Å². The number of ether oxygens (including phenoxy) is 1. The molecule has 0 bridgehead atoms. The van der Waals surface area contributed by atoms with E-state index in [0.717, 1.165) is 11.3 Å². The van der Waals surface area contributed by atoms with Crippen LogP contribution in [-0.2, 0) is 4.74 Å². The van der Waals surface area contributed by atoms with Crippen molar-refractivity contribution in [2.75, 3.05) is 11.9 Å². The Balaban J connectivity index is 1.76. The smallest absolute Gasteiger partial charge is 0.338 e. The SMILES string of the molecule is CCOC(=O)c1ccc(Nc2ncnc(-c3ccccc3)n2)cc1. The summed E-state index contributed by atoms with van der Waals surface area (Å²) in [6.07, 6.45) is 1.46. The van der Waals surface area contributed by atoms with Gasteiger partial charge in [-0.05, 0) is 31.2 Å². The molecule has 0 atom stereocenters. The monoisotopic (exact) mass is 320 g/mol. The van der Waals surface area contributed by atoms with Crippen LogP contribution in [0.4, 0.5) is 11.6 Å². The number of esters is 1. The fourth-order valence-electron chi connectivity index (χ4n) is 2.12. The van der Waals surface area contributed by atoms with Crippen molar-refractivity contribution >= 4 is 17.6 Å². The van der Waals surface area contributed by atoms with Gasteiger partial charge in [-0.15, -0.1) is 0 Å². The first kappa shape index (κ1) is 15.6. The Bertz CT molecular complexity index is 820. The van der Waals surface area contributed by atoms with Crippen molar-refractivity contribution in [3.05, 3.63) is 66.5 Å². The van der Waals surface area contributed by atoms with Gasteiger partial charge < -0.3 is 10.1 Å². The fourth-order valence-corrected chi connectivity index (χ4v) is 2.12. The van der Waals surface area contributed by atoms with Crippen molar-refractivity contribution in [3.63, 3.8) is 0 Å². The summed E-state index contributed by atoms with van der Waals surface area (Å²) in [7, 11) is 0. The molecule has 120 valence electrons. The molecule has 3 aromatic rings. The molecule has 0 aliphatic carbocycles. The minimum absolute atomic E-state index is 0.337. The second-order valence-electron chi connectivity index (χ2n) is 4.92. The van der Waals surface area contributed by atoms with Crippen molar-refractivity contribution in [3.8, 4) is 11.4 Å². The molecule has 0 amide bonds. The number of anilines is 2. The number of nitrogens with zero attached hydrogens (tertiary/aromatic N) is 3. The van der Waals surface area contributed by atoms with E-state index >= 15 is 0 Å². The molecular formula is C18H16N4O2. The molecule has 6 nitrogen and oxygen atoms in total. The lowest BCUT2D eigenvalue weighted by Gasteiger charge is -2.07. The molecule has 0 fully saturated rings. The highest BCUT2D eigenvalue weighted by atomic mass is 16.5. The molecule has 0 aliphatic rings. The van der Waals surface area contributed by atoms with E-state index in [2.05, 4.69) is 20.3 Å². The highest BCUT2D eigenvalue weighted by Gasteiger charge is 2.07. The van der Waals surface area contributed by atoms with E-state index in [-0.39, 0.29) is 5.97 Å². The van der Waals surface area contributed by atoms with Gasteiger partial charge in [-0.25, -0.2) is 14.8 Å². The molecule has 0 unspecified atom stereocenters. The molecule has 0 aliphatic heterocycles. The van der Waals surface area contributed by atoms with E-state index in [4.69, 9.17) is 4.74 Å². The predicted octanol–water partition coefficient (Wildman–Crippen LogP) is 3.46. The van der Waals surface area contributed by atoms with Crippen LogP contribution in [0.5, 0.6) is 0 Å². The van der Waals surface area contributed by atoms with Crippen molar-refractivity contribution in [2.45, 2.75) is 6.92 Å². The zero-order chi connectivity index (χ0) is 16.8. The van der Waals surface area contributed by atoms with Crippen LogP contribution >= 0.6 is 0 Å². The summed E-state index contributed by atoms with van der Waals surface area (Å²) in [5, 5.41) is 3.10. The van der Waals surface area contributed by atoms with Gasteiger partial charge in [0.15, 0.2) is 5.82 Å². The average Bonchev–Trinajstić information content (AvgIpc) is 2.63. The number of hydrogen-bond acceptors (Lipinski definition) is 6. The van der Waals surface area contributed by atoms with Gasteiger partial charge in [-0.3, -0.25) is 0 Å². The second kappa shape index (κ2) is 7.32. The summed E-state index contributed by atoms with van der Waals surface area (Å²) in [6, 6.07) is 16.6. The van der Waals surface area contributed by atoms with Crippen molar-refractivity contribution in [1.82, 2.24) is 15.0 Å². The molecule has 24 heavy (non-hydrogen) atoms. The average molecular weight is 320 g/mol. The number of nitrogens with one attached hydrogen (secondary N) is 1. The van der Waals surface area contributed by atoms with Crippen LogP contribution in [0.15, 0.2) is 60.9 Å². The maximum Gasteiger partial charge on any atom is 0.338 e. The van der Waals surface area contributed by atoms with Gasteiger partial charge in [0.25, 0.3) is 0 Å². The van der Waals surface area contributed by atoms with Gasteiger partial charge >= 0.3 is 5.97 Å². The number of benzene rings is 2. The van der Waals surface area contributed by atoms with Crippen LogP contribution in [0, 0.1) is 0 Å². The number of carbonyl (C=O) groups is 1. The largest absolute Gasteiger partial charge is 0.462 e. The Kier molecular flexibility index (Phi) is 4.76. The van der Waals surface area contributed by atoms with Crippen molar-refractivity contribution in [1.29, 1.82) is 0 Å². The number of aromatic nitrogens is 3. The summed E-state index contributed by atoms with van der Waals surface area (Å²) in [5.74, 6) is 0.694. The standard InChI is InChI=1S/C18H16N4O2/c1-2-24-17(23)14-8-10-15(11-9-14)21-18-20-12-19-16(22-18)13-6-4-3-5-7-13/h3-12H,2H2,1H3,(H,19,20,21,22). The molecular weight excluding hydrogens is 304 g/mol. The zero-order valence-corrected chi connectivity index (χ0v) is 13.1. The normalized spacial score (nSPS) is 10.2. The molecule has 0 spiro atoms. The van der Waals surface area contributed by atoms with Crippen LogP contribution in [0.3, 0.4) is 0 Å². The minimum Gasteiger partial charge on any atom is -0.462 e. The first-order valence-corrected chi connectivity index (χ1v) is 7.55. The summed E-state index contributed by atoms with van der Waals surface area (Å²) in [6.45, 7) is 2.13. The van der Waals surface area contributed by atoms with E-state index in [0.29, 0.717) is 23.9 Å². The third-order valence-electron chi connectivity index (χ3n) is 3.26. The summed E-state index contributed by atoms with van der Waals surface area (Å²) in [4.78, 5) is 24.3. The molecule has 6 heteroatoms. The molecule has 3 rings (SSSR count). The molecule has 0 radical (unpaired) electrons.